The van der Waals surface area contributed by atoms with Gasteiger partial charge in [0.1, 0.15) is 40.6 Å². The fraction of sp³-hybridized carbons (Fsp3) is 0.312. The molecule has 11 nitrogen and oxygen atoms in total. The Bertz CT molecular complexity index is 1920. The Labute approximate surface area is 244 Å². The molecule has 3 atom stereocenters. The van der Waals surface area contributed by atoms with Crippen LogP contribution in [0.25, 0.3) is 32.7 Å². The Balaban J connectivity index is 1.69. The molecule has 0 saturated carbocycles. The van der Waals surface area contributed by atoms with Crippen LogP contribution in [0.1, 0.15) is 64.6 Å². The van der Waals surface area contributed by atoms with Crippen LogP contribution < -0.4 is 9.47 Å². The average molecular weight is 591 g/mol. The molecular weight excluding hydrogens is 560 g/mol. The number of hydrogen-bond acceptors (Lipinski definition) is 11. The van der Waals surface area contributed by atoms with E-state index in [0.29, 0.717) is 10.9 Å². The van der Waals surface area contributed by atoms with Gasteiger partial charge in [0.15, 0.2) is 11.6 Å². The Morgan fingerprint density at radius 2 is 1.14 bits per heavy atom. The first kappa shape index (κ1) is 28.5. The second-order valence-corrected chi connectivity index (χ2v) is 11.9. The van der Waals surface area contributed by atoms with Crippen LogP contribution in [0.5, 0.6) is 34.5 Å². The maximum Gasteiger partial charge on any atom is 0.169 e. The van der Waals surface area contributed by atoms with Gasteiger partial charge in [0.2, 0.25) is 0 Å². The van der Waals surface area contributed by atoms with Crippen LogP contribution in [-0.2, 0) is 6.42 Å². The smallest absolute Gasteiger partial charge is 0.169 e. The molecule has 11 heteroatoms. The van der Waals surface area contributed by atoms with Crippen LogP contribution >= 0.6 is 0 Å². The molecular formula is C32H30O11. The highest BCUT2D eigenvalue weighted by Gasteiger charge is 2.43. The molecule has 0 aromatic heterocycles. The molecule has 2 aliphatic carbocycles. The first-order chi connectivity index (χ1) is 20.1. The van der Waals surface area contributed by atoms with Crippen LogP contribution in [0.15, 0.2) is 24.3 Å². The van der Waals surface area contributed by atoms with Gasteiger partial charge in [-0.1, -0.05) is 0 Å². The number of methoxy groups -OCH3 is 2. The molecule has 0 heterocycles. The number of aliphatic hydroxyl groups excluding tert-OH is 1. The van der Waals surface area contributed by atoms with Gasteiger partial charge in [-0.25, -0.2) is 0 Å². The topological polar surface area (TPSA) is 194 Å². The number of Topliss-reactive ketones (excluding diaryl/α,β-unsaturated/α-hetero) is 2. The minimum Gasteiger partial charge on any atom is -0.506 e. The predicted octanol–water partition coefficient (Wildman–Crippen LogP) is 3.75. The SMILES string of the molecule is COc1cc2cc3c(c(O)c2c(O)c1-c1c(OC)cc2cc4c(c(O)c2c1O)C(=O)C[C@](C)(O)[C@H]4O)C(=O)C[C@](C)(O)C3. The Morgan fingerprint density at radius 1 is 0.674 bits per heavy atom. The fourth-order valence-corrected chi connectivity index (χ4v) is 6.61. The molecule has 0 aliphatic heterocycles. The van der Waals surface area contributed by atoms with Gasteiger partial charge >= 0.3 is 0 Å². The van der Waals surface area contributed by atoms with E-state index >= 15 is 0 Å². The molecule has 0 spiro atoms. The lowest BCUT2D eigenvalue weighted by atomic mass is 9.76. The lowest BCUT2D eigenvalue weighted by Crippen LogP contribution is -2.40. The van der Waals surface area contributed by atoms with Crippen LogP contribution in [0.4, 0.5) is 0 Å². The molecule has 0 unspecified atom stereocenters. The number of hydrogen-bond donors (Lipinski definition) is 7. The highest BCUT2D eigenvalue weighted by molar-refractivity contribution is 6.14. The van der Waals surface area contributed by atoms with Gasteiger partial charge in [-0.3, -0.25) is 9.59 Å². The number of carbonyl (C=O) groups excluding carboxylic acids is 2. The van der Waals surface area contributed by atoms with Crippen molar-refractivity contribution in [2.24, 2.45) is 0 Å². The normalized spacial score (nSPS) is 23.4. The van der Waals surface area contributed by atoms with Gasteiger partial charge in [0.05, 0.1) is 58.4 Å². The number of phenols is 4. The van der Waals surface area contributed by atoms with E-state index in [1.165, 1.54) is 46.3 Å². The van der Waals surface area contributed by atoms with Crippen LogP contribution in [0, 0.1) is 0 Å². The standard InChI is InChI=1S/C32H30O11/c1-31(40)9-14-5-12-7-18(42-3)24(28(37)21(12)26(35)20(14)16(33)10-31)25-19(43-4)8-13-6-15-23(27(36)22(13)29(25)38)17(34)11-32(2,41)30(15)39/h5-8,30,35-41H,9-11H2,1-4H3/t30-,31+,32-/m0/s1. The zero-order valence-corrected chi connectivity index (χ0v) is 23.8. The van der Waals surface area contributed by atoms with E-state index < -0.39 is 58.3 Å². The zero-order valence-electron chi connectivity index (χ0n) is 23.8. The molecule has 0 bridgehead atoms. The summed E-state index contributed by atoms with van der Waals surface area (Å²) in [5.74, 6) is -3.43. The van der Waals surface area contributed by atoms with Crippen molar-refractivity contribution < 1.29 is 54.8 Å². The van der Waals surface area contributed by atoms with E-state index in [1.807, 2.05) is 0 Å². The monoisotopic (exact) mass is 590 g/mol. The zero-order chi connectivity index (χ0) is 31.3. The van der Waals surface area contributed by atoms with Gasteiger partial charge < -0.3 is 45.2 Å². The van der Waals surface area contributed by atoms with Gasteiger partial charge in [-0.15, -0.1) is 0 Å². The van der Waals surface area contributed by atoms with E-state index in [1.54, 1.807) is 6.07 Å². The van der Waals surface area contributed by atoms with Crippen molar-refractivity contribution in [1.82, 2.24) is 0 Å². The summed E-state index contributed by atoms with van der Waals surface area (Å²) in [6.45, 7) is 2.83. The van der Waals surface area contributed by atoms with Crippen molar-refractivity contribution in [3.8, 4) is 45.6 Å². The number of benzene rings is 4. The second-order valence-electron chi connectivity index (χ2n) is 11.9. The lowest BCUT2D eigenvalue weighted by molar-refractivity contribution is -0.0675. The third kappa shape index (κ3) is 3.99. The Hall–Kier alpha value is -4.58. The molecule has 0 amide bonds. The molecule has 6 rings (SSSR count). The first-order valence-electron chi connectivity index (χ1n) is 13.5. The summed E-state index contributed by atoms with van der Waals surface area (Å²) < 4.78 is 11.1. The number of phenolic OH excluding ortho intramolecular Hbond substituents is 4. The number of fused-ring (bicyclic) bond motifs is 4. The molecule has 2 aliphatic rings. The van der Waals surface area contributed by atoms with Crippen LogP contribution in [-0.4, -0.2) is 72.7 Å². The van der Waals surface area contributed by atoms with Crippen molar-refractivity contribution in [2.75, 3.05) is 14.2 Å². The molecule has 0 radical (unpaired) electrons. The summed E-state index contributed by atoms with van der Waals surface area (Å²) >= 11 is 0. The maximum absolute atomic E-state index is 13.0. The van der Waals surface area contributed by atoms with Crippen molar-refractivity contribution in [3.63, 3.8) is 0 Å². The van der Waals surface area contributed by atoms with E-state index in [4.69, 9.17) is 9.47 Å². The molecule has 4 aromatic rings. The molecule has 7 N–H and O–H groups in total. The minimum absolute atomic E-state index is 0.00902. The highest BCUT2D eigenvalue weighted by Crippen LogP contribution is 2.56. The van der Waals surface area contributed by atoms with E-state index in [0.717, 1.165) is 0 Å². The van der Waals surface area contributed by atoms with Crippen LogP contribution in [0.3, 0.4) is 0 Å². The summed E-state index contributed by atoms with van der Waals surface area (Å²) in [5, 5.41) is 77.9. The van der Waals surface area contributed by atoms with Gasteiger partial charge in [0.25, 0.3) is 0 Å². The number of ketones is 2. The highest BCUT2D eigenvalue weighted by atomic mass is 16.5. The Morgan fingerprint density at radius 3 is 1.67 bits per heavy atom. The summed E-state index contributed by atoms with van der Waals surface area (Å²) in [6, 6.07) is 5.83. The summed E-state index contributed by atoms with van der Waals surface area (Å²) in [6.07, 6.45) is -2.11. The van der Waals surface area contributed by atoms with Gasteiger partial charge in [-0.05, 0) is 60.0 Å². The van der Waals surface area contributed by atoms with Gasteiger partial charge in [-0.2, -0.15) is 0 Å². The third-order valence-electron chi connectivity index (χ3n) is 8.55. The first-order valence-corrected chi connectivity index (χ1v) is 13.5. The quantitative estimate of drug-likeness (QED) is 0.184. The largest absolute Gasteiger partial charge is 0.506 e. The fourth-order valence-electron chi connectivity index (χ4n) is 6.61. The maximum atomic E-state index is 13.0. The van der Waals surface area contributed by atoms with Crippen molar-refractivity contribution >= 4 is 33.1 Å². The number of ether oxygens (including phenoxy) is 2. The number of aliphatic hydroxyl groups is 3. The third-order valence-corrected chi connectivity index (χ3v) is 8.55. The van der Waals surface area contributed by atoms with E-state index in [-0.39, 0.29) is 68.3 Å². The van der Waals surface area contributed by atoms with Crippen molar-refractivity contribution in [2.45, 2.75) is 50.4 Å². The van der Waals surface area contributed by atoms with E-state index in [9.17, 15) is 45.3 Å². The molecule has 0 fully saturated rings. The summed E-state index contributed by atoms with van der Waals surface area (Å²) in [5.41, 5.74) is -3.29. The lowest BCUT2D eigenvalue weighted by Gasteiger charge is -2.35. The Kier molecular flexibility index (Phi) is 6.11. The molecule has 43 heavy (non-hydrogen) atoms. The van der Waals surface area contributed by atoms with Crippen molar-refractivity contribution in [3.05, 3.63) is 46.5 Å². The summed E-state index contributed by atoms with van der Waals surface area (Å²) in [4.78, 5) is 25.9. The second kappa shape index (κ2) is 9.21. The molecule has 0 saturated heterocycles. The van der Waals surface area contributed by atoms with Gasteiger partial charge in [0, 0.05) is 19.3 Å². The molecule has 224 valence electrons. The van der Waals surface area contributed by atoms with E-state index in [2.05, 4.69) is 0 Å². The summed E-state index contributed by atoms with van der Waals surface area (Å²) in [7, 11) is 2.62. The average Bonchev–Trinajstić information content (AvgIpc) is 2.90. The number of aromatic hydroxyl groups is 4. The van der Waals surface area contributed by atoms with Crippen molar-refractivity contribution in [1.29, 1.82) is 0 Å². The van der Waals surface area contributed by atoms with Crippen LogP contribution in [0.2, 0.25) is 0 Å². The number of rotatable bonds is 3. The number of carbonyl (C=O) groups is 2. The molecule has 4 aromatic carbocycles. The minimum atomic E-state index is -1.78. The predicted molar refractivity (Wildman–Crippen MR) is 154 cm³/mol.